The minimum absolute atomic E-state index is 0.0256. The summed E-state index contributed by atoms with van der Waals surface area (Å²) < 4.78 is 5.06. The predicted octanol–water partition coefficient (Wildman–Crippen LogP) is 2.72. The minimum atomic E-state index is -1.08. The topological polar surface area (TPSA) is 88.5 Å². The van der Waals surface area contributed by atoms with E-state index in [0.29, 0.717) is 5.56 Å². The fourth-order valence-electron chi connectivity index (χ4n) is 1.78. The fourth-order valence-corrected chi connectivity index (χ4v) is 1.78. The molecule has 2 rings (SSSR count). The van der Waals surface area contributed by atoms with E-state index in [4.69, 9.17) is 9.84 Å². The summed E-state index contributed by atoms with van der Waals surface area (Å²) in [6.45, 7) is 0.487. The minimum Gasteiger partial charge on any atom is -0.477 e. The molecule has 0 fully saturated rings. The molecule has 0 saturated heterocycles. The predicted molar refractivity (Wildman–Crippen MR) is 84.9 cm³/mol. The van der Waals surface area contributed by atoms with Crippen molar-refractivity contribution < 1.29 is 19.4 Å². The van der Waals surface area contributed by atoms with Gasteiger partial charge in [0.05, 0.1) is 0 Å². The highest BCUT2D eigenvalue weighted by molar-refractivity contribution is 5.86. The number of pyridine rings is 1. The number of aromatic carboxylic acids is 1. The van der Waals surface area contributed by atoms with E-state index >= 15 is 0 Å². The highest BCUT2D eigenvalue weighted by Crippen LogP contribution is 2.04. The first kappa shape index (κ1) is 16.2. The zero-order valence-corrected chi connectivity index (χ0v) is 12.3. The Morgan fingerprint density at radius 1 is 1.22 bits per heavy atom. The van der Waals surface area contributed by atoms with Gasteiger partial charge in [0.25, 0.3) is 0 Å². The Hall–Kier alpha value is -3.15. The van der Waals surface area contributed by atoms with E-state index in [1.54, 1.807) is 18.2 Å². The maximum atomic E-state index is 11.5. The van der Waals surface area contributed by atoms with Gasteiger partial charge in [0.2, 0.25) is 0 Å². The van der Waals surface area contributed by atoms with Crippen LogP contribution in [0.25, 0.3) is 6.08 Å². The number of carboxylic acids is 1. The molecule has 0 aliphatic heterocycles. The van der Waals surface area contributed by atoms with E-state index in [9.17, 15) is 9.59 Å². The summed E-state index contributed by atoms with van der Waals surface area (Å²) in [6.07, 6.45) is 4.31. The average Bonchev–Trinajstić information content (AvgIpc) is 2.58. The van der Waals surface area contributed by atoms with Crippen molar-refractivity contribution in [1.29, 1.82) is 0 Å². The van der Waals surface area contributed by atoms with Crippen LogP contribution in [0.15, 0.2) is 54.7 Å². The number of carbonyl (C=O) groups is 2. The molecule has 0 unspecified atom stereocenters. The first-order valence-corrected chi connectivity index (χ1v) is 6.95. The van der Waals surface area contributed by atoms with Crippen LogP contribution in [0.1, 0.15) is 21.6 Å². The molecule has 1 heterocycles. The number of rotatable bonds is 6. The number of carboxylic acid groups (broad SMARTS) is 1. The van der Waals surface area contributed by atoms with Crippen molar-refractivity contribution in [2.75, 3.05) is 6.54 Å². The van der Waals surface area contributed by atoms with E-state index in [0.717, 1.165) is 5.56 Å². The molecule has 1 aromatic heterocycles. The molecule has 0 radical (unpaired) electrons. The standard InChI is InChI=1S/C17H16N2O4/c20-16(21)15-11-13(8-10-18-15)7-4-9-19-17(22)23-12-14-5-2-1-3-6-14/h1-8,10-11H,9,12H2,(H,19,22)(H,20,21). The lowest BCUT2D eigenvalue weighted by molar-refractivity contribution is 0.0690. The molecular weight excluding hydrogens is 296 g/mol. The van der Waals surface area contributed by atoms with Gasteiger partial charge in [-0.05, 0) is 23.3 Å². The van der Waals surface area contributed by atoms with Crippen LogP contribution in [0.2, 0.25) is 0 Å². The van der Waals surface area contributed by atoms with Gasteiger partial charge < -0.3 is 15.2 Å². The van der Waals surface area contributed by atoms with E-state index in [1.165, 1.54) is 12.3 Å². The average molecular weight is 312 g/mol. The monoisotopic (exact) mass is 312 g/mol. The second-order valence-electron chi connectivity index (χ2n) is 4.62. The number of alkyl carbamates (subject to hydrolysis) is 1. The van der Waals surface area contributed by atoms with Crippen molar-refractivity contribution in [2.24, 2.45) is 0 Å². The van der Waals surface area contributed by atoms with Crippen LogP contribution in [0.5, 0.6) is 0 Å². The van der Waals surface area contributed by atoms with Gasteiger partial charge in [-0.15, -0.1) is 0 Å². The molecule has 0 saturated carbocycles. The molecule has 118 valence electrons. The number of nitrogens with zero attached hydrogens (tertiary/aromatic N) is 1. The van der Waals surface area contributed by atoms with Gasteiger partial charge in [-0.2, -0.15) is 0 Å². The summed E-state index contributed by atoms with van der Waals surface area (Å²) in [4.78, 5) is 26.0. The van der Waals surface area contributed by atoms with E-state index in [2.05, 4.69) is 10.3 Å². The first-order valence-electron chi connectivity index (χ1n) is 6.95. The quantitative estimate of drug-likeness (QED) is 0.856. The van der Waals surface area contributed by atoms with E-state index < -0.39 is 12.1 Å². The lowest BCUT2D eigenvalue weighted by Gasteiger charge is -2.05. The molecule has 2 aromatic rings. The third kappa shape index (κ3) is 5.62. The lowest BCUT2D eigenvalue weighted by Crippen LogP contribution is -2.24. The molecule has 0 spiro atoms. The molecule has 1 aromatic carbocycles. The van der Waals surface area contributed by atoms with Gasteiger partial charge >= 0.3 is 12.1 Å². The van der Waals surface area contributed by atoms with Crippen molar-refractivity contribution in [1.82, 2.24) is 10.3 Å². The van der Waals surface area contributed by atoms with Crippen LogP contribution >= 0.6 is 0 Å². The van der Waals surface area contributed by atoms with Crippen molar-refractivity contribution in [3.05, 3.63) is 71.6 Å². The molecule has 23 heavy (non-hydrogen) atoms. The molecule has 0 atom stereocenters. The Labute approximate surface area is 133 Å². The molecule has 0 aliphatic carbocycles. The third-order valence-electron chi connectivity index (χ3n) is 2.89. The van der Waals surface area contributed by atoms with Crippen LogP contribution < -0.4 is 5.32 Å². The highest BCUT2D eigenvalue weighted by Gasteiger charge is 2.03. The van der Waals surface area contributed by atoms with Crippen molar-refractivity contribution in [2.45, 2.75) is 6.61 Å². The summed E-state index contributed by atoms with van der Waals surface area (Å²) in [5.41, 5.74) is 1.58. The van der Waals surface area contributed by atoms with Crippen molar-refractivity contribution >= 4 is 18.1 Å². The Morgan fingerprint density at radius 3 is 2.74 bits per heavy atom. The van der Waals surface area contributed by atoms with Gasteiger partial charge in [0.1, 0.15) is 12.3 Å². The largest absolute Gasteiger partial charge is 0.477 e. The number of amides is 1. The second-order valence-corrected chi connectivity index (χ2v) is 4.62. The zero-order chi connectivity index (χ0) is 16.5. The number of carbonyl (C=O) groups excluding carboxylic acids is 1. The van der Waals surface area contributed by atoms with Gasteiger partial charge in [-0.3, -0.25) is 0 Å². The molecular formula is C17H16N2O4. The maximum Gasteiger partial charge on any atom is 0.407 e. The lowest BCUT2D eigenvalue weighted by atomic mass is 10.2. The van der Waals surface area contributed by atoms with Crippen LogP contribution in [0.4, 0.5) is 4.79 Å². The van der Waals surface area contributed by atoms with Gasteiger partial charge in [0, 0.05) is 12.7 Å². The number of hydrogen-bond acceptors (Lipinski definition) is 4. The van der Waals surface area contributed by atoms with Crippen LogP contribution in [-0.4, -0.2) is 28.7 Å². The first-order chi connectivity index (χ1) is 11.1. The van der Waals surface area contributed by atoms with E-state index in [-0.39, 0.29) is 18.8 Å². The molecule has 0 aliphatic rings. The SMILES string of the molecule is O=C(NCC=Cc1ccnc(C(=O)O)c1)OCc1ccccc1. The molecule has 6 nitrogen and oxygen atoms in total. The number of ether oxygens (including phenoxy) is 1. The molecule has 1 amide bonds. The van der Waals surface area contributed by atoms with Gasteiger partial charge in [-0.25, -0.2) is 14.6 Å². The Bertz CT molecular complexity index is 699. The van der Waals surface area contributed by atoms with Gasteiger partial charge in [-0.1, -0.05) is 42.5 Å². The molecule has 2 N–H and O–H groups in total. The Balaban J connectivity index is 1.74. The maximum absolute atomic E-state index is 11.5. The summed E-state index contributed by atoms with van der Waals surface area (Å²) >= 11 is 0. The number of nitrogens with one attached hydrogen (secondary N) is 1. The van der Waals surface area contributed by atoms with Crippen molar-refractivity contribution in [3.63, 3.8) is 0 Å². The zero-order valence-electron chi connectivity index (χ0n) is 12.3. The van der Waals surface area contributed by atoms with Crippen LogP contribution in [0, 0.1) is 0 Å². The third-order valence-corrected chi connectivity index (χ3v) is 2.89. The fraction of sp³-hybridized carbons (Fsp3) is 0.118. The Kier molecular flexibility index (Phi) is 5.88. The summed E-state index contributed by atoms with van der Waals surface area (Å²) in [5, 5.41) is 11.4. The number of hydrogen-bond donors (Lipinski definition) is 2. The summed E-state index contributed by atoms with van der Waals surface area (Å²) in [7, 11) is 0. The normalized spacial score (nSPS) is 10.4. The van der Waals surface area contributed by atoms with E-state index in [1.807, 2.05) is 30.3 Å². The molecule has 6 heteroatoms. The highest BCUT2D eigenvalue weighted by atomic mass is 16.5. The summed E-state index contributed by atoms with van der Waals surface area (Å²) in [5.74, 6) is -1.08. The molecule has 0 bridgehead atoms. The number of benzene rings is 1. The van der Waals surface area contributed by atoms with Crippen LogP contribution in [0.3, 0.4) is 0 Å². The Morgan fingerprint density at radius 2 is 2.00 bits per heavy atom. The number of aromatic nitrogens is 1. The summed E-state index contributed by atoms with van der Waals surface area (Å²) in [6, 6.07) is 12.5. The second kappa shape index (κ2) is 8.33. The van der Waals surface area contributed by atoms with Crippen molar-refractivity contribution in [3.8, 4) is 0 Å². The van der Waals surface area contributed by atoms with Gasteiger partial charge in [0.15, 0.2) is 0 Å². The van der Waals surface area contributed by atoms with Crippen LogP contribution in [-0.2, 0) is 11.3 Å². The smallest absolute Gasteiger partial charge is 0.407 e.